The summed E-state index contributed by atoms with van der Waals surface area (Å²) in [4.78, 5) is 23.2. The molecule has 0 aromatic carbocycles. The molecule has 0 saturated heterocycles. The molecule has 6 nitrogen and oxygen atoms in total. The lowest BCUT2D eigenvalue weighted by Crippen LogP contribution is -2.40. The smallest absolute Gasteiger partial charge is 0.330 e. The van der Waals surface area contributed by atoms with Gasteiger partial charge in [0, 0.05) is 13.2 Å². The molecule has 1 heterocycles. The number of aromatic nitrogens is 2. The second-order valence-corrected chi connectivity index (χ2v) is 3.85. The van der Waals surface area contributed by atoms with E-state index in [1.807, 2.05) is 13.8 Å². The van der Waals surface area contributed by atoms with Gasteiger partial charge >= 0.3 is 5.69 Å². The van der Waals surface area contributed by atoms with Gasteiger partial charge in [-0.1, -0.05) is 0 Å². The first-order chi connectivity index (χ1) is 7.43. The second-order valence-electron chi connectivity index (χ2n) is 3.85. The Bertz CT molecular complexity index is 439. The number of nitrogens with zero attached hydrogens (tertiary/aromatic N) is 2. The van der Waals surface area contributed by atoms with E-state index in [9.17, 15) is 9.59 Å². The van der Waals surface area contributed by atoms with Gasteiger partial charge in [-0.05, 0) is 13.8 Å². The zero-order valence-corrected chi connectivity index (χ0v) is 9.77. The third-order valence-corrected chi connectivity index (χ3v) is 2.12. The van der Waals surface area contributed by atoms with Crippen molar-refractivity contribution in [3.63, 3.8) is 0 Å². The summed E-state index contributed by atoms with van der Waals surface area (Å²) >= 11 is 0. The molecule has 0 bridgehead atoms. The minimum atomic E-state index is -0.463. The van der Waals surface area contributed by atoms with E-state index in [4.69, 9.17) is 10.5 Å². The lowest BCUT2D eigenvalue weighted by Gasteiger charge is -2.10. The molecule has 90 valence electrons. The molecule has 0 saturated carbocycles. The molecule has 1 aromatic rings. The quantitative estimate of drug-likeness (QED) is 0.756. The third kappa shape index (κ3) is 2.73. The molecule has 6 heteroatoms. The predicted molar refractivity (Wildman–Crippen MR) is 61.4 cm³/mol. The molecule has 1 aromatic heterocycles. The van der Waals surface area contributed by atoms with E-state index in [-0.39, 0.29) is 24.0 Å². The molecule has 0 aliphatic rings. The molecule has 1 rings (SSSR count). The number of hydrogen-bond donors (Lipinski definition) is 1. The van der Waals surface area contributed by atoms with Crippen LogP contribution in [0, 0.1) is 0 Å². The van der Waals surface area contributed by atoms with Crippen molar-refractivity contribution in [1.82, 2.24) is 9.13 Å². The number of nitrogen functional groups attached to an aromatic ring is 1. The summed E-state index contributed by atoms with van der Waals surface area (Å²) in [6, 6.07) is 0. The SMILES string of the molecule is CC(C)OCCn1c(=O)c(N)cn(C)c1=O. The standard InChI is InChI=1S/C10H17N3O3/c1-7(2)16-5-4-13-9(14)8(11)6-12(3)10(13)15/h6-7H,4-5,11H2,1-3H3. The molecule has 0 spiro atoms. The van der Waals surface area contributed by atoms with Crippen molar-refractivity contribution in [1.29, 1.82) is 0 Å². The monoisotopic (exact) mass is 227 g/mol. The summed E-state index contributed by atoms with van der Waals surface area (Å²) in [6.45, 7) is 4.31. The van der Waals surface area contributed by atoms with E-state index in [1.54, 1.807) is 7.05 Å². The summed E-state index contributed by atoms with van der Waals surface area (Å²) < 4.78 is 7.65. The largest absolute Gasteiger partial charge is 0.393 e. The van der Waals surface area contributed by atoms with Crippen molar-refractivity contribution in [2.45, 2.75) is 26.5 Å². The van der Waals surface area contributed by atoms with Gasteiger partial charge in [0.25, 0.3) is 5.56 Å². The van der Waals surface area contributed by atoms with Gasteiger partial charge < -0.3 is 15.0 Å². The van der Waals surface area contributed by atoms with Crippen molar-refractivity contribution < 1.29 is 4.74 Å². The molecule has 0 fully saturated rings. The van der Waals surface area contributed by atoms with Gasteiger partial charge in [-0.3, -0.25) is 9.36 Å². The zero-order valence-electron chi connectivity index (χ0n) is 9.77. The molecule has 0 aliphatic heterocycles. The van der Waals surface area contributed by atoms with Crippen LogP contribution < -0.4 is 17.0 Å². The van der Waals surface area contributed by atoms with E-state index in [1.165, 1.54) is 10.8 Å². The maximum Gasteiger partial charge on any atom is 0.330 e. The lowest BCUT2D eigenvalue weighted by molar-refractivity contribution is 0.0714. The normalized spacial score (nSPS) is 11.0. The van der Waals surface area contributed by atoms with Crippen molar-refractivity contribution >= 4 is 5.69 Å². The van der Waals surface area contributed by atoms with E-state index in [0.29, 0.717) is 6.61 Å². The van der Waals surface area contributed by atoms with E-state index >= 15 is 0 Å². The first kappa shape index (κ1) is 12.5. The Hall–Kier alpha value is -1.56. The Balaban J connectivity index is 2.95. The van der Waals surface area contributed by atoms with E-state index in [2.05, 4.69) is 0 Å². The summed E-state index contributed by atoms with van der Waals surface area (Å²) in [7, 11) is 1.55. The van der Waals surface area contributed by atoms with Crippen molar-refractivity contribution in [3.05, 3.63) is 27.0 Å². The first-order valence-electron chi connectivity index (χ1n) is 5.11. The van der Waals surface area contributed by atoms with Crippen molar-refractivity contribution in [2.75, 3.05) is 12.3 Å². The average Bonchev–Trinajstić information content (AvgIpc) is 2.20. The molecular formula is C10H17N3O3. The Kier molecular flexibility index (Phi) is 3.89. The highest BCUT2D eigenvalue weighted by Gasteiger charge is 2.07. The van der Waals surface area contributed by atoms with Crippen LogP contribution in [-0.4, -0.2) is 21.8 Å². The maximum absolute atomic E-state index is 11.6. The van der Waals surface area contributed by atoms with Crippen LogP contribution in [0.1, 0.15) is 13.8 Å². The maximum atomic E-state index is 11.6. The van der Waals surface area contributed by atoms with E-state index in [0.717, 1.165) is 4.57 Å². The van der Waals surface area contributed by atoms with Crippen molar-refractivity contribution in [2.24, 2.45) is 7.05 Å². The fourth-order valence-corrected chi connectivity index (χ4v) is 1.33. The van der Waals surface area contributed by atoms with Gasteiger partial charge in [0.1, 0.15) is 5.69 Å². The third-order valence-electron chi connectivity index (χ3n) is 2.12. The molecule has 16 heavy (non-hydrogen) atoms. The second kappa shape index (κ2) is 4.98. The van der Waals surface area contributed by atoms with Gasteiger partial charge in [-0.15, -0.1) is 0 Å². The molecule has 0 unspecified atom stereocenters. The van der Waals surface area contributed by atoms with Gasteiger partial charge in [-0.25, -0.2) is 4.79 Å². The number of nitrogens with two attached hydrogens (primary N) is 1. The highest BCUT2D eigenvalue weighted by Crippen LogP contribution is 1.90. The number of aryl methyl sites for hydroxylation is 1. The molecule has 0 aliphatic carbocycles. The van der Waals surface area contributed by atoms with Gasteiger partial charge in [-0.2, -0.15) is 0 Å². The topological polar surface area (TPSA) is 79.2 Å². The Morgan fingerprint density at radius 3 is 2.62 bits per heavy atom. The van der Waals surface area contributed by atoms with Crippen LogP contribution in [0.25, 0.3) is 0 Å². The van der Waals surface area contributed by atoms with Gasteiger partial charge in [0.05, 0.1) is 19.3 Å². The van der Waals surface area contributed by atoms with Gasteiger partial charge in [0.15, 0.2) is 0 Å². The Morgan fingerprint density at radius 1 is 1.44 bits per heavy atom. The van der Waals surface area contributed by atoms with Crippen LogP contribution in [-0.2, 0) is 18.3 Å². The fraction of sp³-hybridized carbons (Fsp3) is 0.600. The molecule has 0 radical (unpaired) electrons. The summed E-state index contributed by atoms with van der Waals surface area (Å²) in [5.41, 5.74) is 4.70. The van der Waals surface area contributed by atoms with Gasteiger partial charge in [0.2, 0.25) is 0 Å². The number of ether oxygens (including phenoxy) is 1. The number of hydrogen-bond acceptors (Lipinski definition) is 4. The van der Waals surface area contributed by atoms with E-state index < -0.39 is 5.56 Å². The van der Waals surface area contributed by atoms with Crippen LogP contribution in [0.3, 0.4) is 0 Å². The average molecular weight is 227 g/mol. The van der Waals surface area contributed by atoms with Crippen LogP contribution >= 0.6 is 0 Å². The molecule has 0 amide bonds. The number of rotatable bonds is 4. The highest BCUT2D eigenvalue weighted by atomic mass is 16.5. The van der Waals surface area contributed by atoms with Crippen LogP contribution in [0.15, 0.2) is 15.8 Å². The summed E-state index contributed by atoms with van der Waals surface area (Å²) in [5, 5.41) is 0. The summed E-state index contributed by atoms with van der Waals surface area (Å²) in [6.07, 6.45) is 1.39. The molecule has 2 N–H and O–H groups in total. The minimum absolute atomic E-state index is 0.0617. The predicted octanol–water partition coefficient (Wildman–Crippen LogP) is -0.446. The summed E-state index contributed by atoms with van der Waals surface area (Å²) in [5.74, 6) is 0. The molecule has 0 atom stereocenters. The fourth-order valence-electron chi connectivity index (χ4n) is 1.33. The highest BCUT2D eigenvalue weighted by molar-refractivity contribution is 5.30. The molecular weight excluding hydrogens is 210 g/mol. The zero-order chi connectivity index (χ0) is 12.3. The van der Waals surface area contributed by atoms with Crippen LogP contribution in [0.5, 0.6) is 0 Å². The minimum Gasteiger partial charge on any atom is -0.393 e. The number of anilines is 1. The van der Waals surface area contributed by atoms with Crippen molar-refractivity contribution in [3.8, 4) is 0 Å². The first-order valence-corrected chi connectivity index (χ1v) is 5.11. The lowest BCUT2D eigenvalue weighted by atomic mass is 10.4. The van der Waals surface area contributed by atoms with Crippen LogP contribution in [0.2, 0.25) is 0 Å². The van der Waals surface area contributed by atoms with Crippen LogP contribution in [0.4, 0.5) is 5.69 Å². The Morgan fingerprint density at radius 2 is 2.06 bits per heavy atom. The Labute approximate surface area is 93.3 Å².